The third-order valence-corrected chi connectivity index (χ3v) is 3.17. The van der Waals surface area contributed by atoms with Gasteiger partial charge in [0.15, 0.2) is 0 Å². The molecule has 22 heavy (non-hydrogen) atoms. The predicted octanol–water partition coefficient (Wildman–Crippen LogP) is 4.84. The minimum absolute atomic E-state index is 0.884. The highest BCUT2D eigenvalue weighted by molar-refractivity contribution is 5.82. The molecule has 3 rings (SSSR count). The molecule has 3 aromatic carbocycles. The first-order chi connectivity index (χ1) is 10.9. The van der Waals surface area contributed by atoms with Gasteiger partial charge in [-0.2, -0.15) is 0 Å². The molecular weight excluding hydrogens is 266 g/mol. The number of benzene rings is 3. The molecule has 0 aliphatic rings. The van der Waals surface area contributed by atoms with E-state index in [1.807, 2.05) is 91.1 Å². The molecular formula is C21H15N. The van der Waals surface area contributed by atoms with Gasteiger partial charge in [0, 0.05) is 11.8 Å². The third-order valence-electron chi connectivity index (χ3n) is 3.17. The van der Waals surface area contributed by atoms with Crippen molar-refractivity contribution in [2.24, 2.45) is 4.99 Å². The van der Waals surface area contributed by atoms with Gasteiger partial charge in [-0.15, -0.1) is 0 Å². The lowest BCUT2D eigenvalue weighted by atomic mass is 10.1. The van der Waals surface area contributed by atoms with Crippen LogP contribution in [0.5, 0.6) is 0 Å². The van der Waals surface area contributed by atoms with Crippen LogP contribution in [0.3, 0.4) is 0 Å². The lowest BCUT2D eigenvalue weighted by Gasteiger charge is -1.98. The van der Waals surface area contributed by atoms with Crippen molar-refractivity contribution >= 4 is 11.9 Å². The van der Waals surface area contributed by atoms with E-state index in [2.05, 4.69) is 16.8 Å². The van der Waals surface area contributed by atoms with Gasteiger partial charge < -0.3 is 0 Å². The summed E-state index contributed by atoms with van der Waals surface area (Å²) in [6.45, 7) is 0. The number of hydrogen-bond donors (Lipinski definition) is 0. The van der Waals surface area contributed by atoms with Crippen molar-refractivity contribution in [3.8, 4) is 11.8 Å². The van der Waals surface area contributed by atoms with E-state index in [0.717, 1.165) is 22.4 Å². The molecule has 0 radical (unpaired) electrons. The monoisotopic (exact) mass is 281 g/mol. The minimum Gasteiger partial charge on any atom is -0.255 e. The van der Waals surface area contributed by atoms with Gasteiger partial charge in [-0.3, -0.25) is 4.99 Å². The predicted molar refractivity (Wildman–Crippen MR) is 92.6 cm³/mol. The van der Waals surface area contributed by atoms with Crippen molar-refractivity contribution in [1.82, 2.24) is 0 Å². The van der Waals surface area contributed by atoms with Crippen LogP contribution < -0.4 is 0 Å². The third kappa shape index (κ3) is 3.71. The SMILES string of the molecule is C(#Cc1ccccc1N=Cc1ccccc1)c1ccccc1. The summed E-state index contributed by atoms with van der Waals surface area (Å²) in [5.74, 6) is 6.38. The van der Waals surface area contributed by atoms with Crippen molar-refractivity contribution in [2.75, 3.05) is 0 Å². The van der Waals surface area contributed by atoms with Crippen LogP contribution in [0.25, 0.3) is 0 Å². The molecule has 0 amide bonds. The summed E-state index contributed by atoms with van der Waals surface area (Å²) in [5.41, 5.74) is 3.89. The van der Waals surface area contributed by atoms with Crippen molar-refractivity contribution in [3.63, 3.8) is 0 Å². The Morgan fingerprint density at radius 1 is 0.636 bits per heavy atom. The van der Waals surface area contributed by atoms with E-state index in [1.54, 1.807) is 0 Å². The molecule has 0 N–H and O–H groups in total. The molecule has 0 atom stereocenters. The maximum Gasteiger partial charge on any atom is 0.0786 e. The summed E-state index contributed by atoms with van der Waals surface area (Å²) in [6, 6.07) is 28.0. The van der Waals surface area contributed by atoms with E-state index in [-0.39, 0.29) is 0 Å². The van der Waals surface area contributed by atoms with Crippen LogP contribution in [-0.4, -0.2) is 6.21 Å². The van der Waals surface area contributed by atoms with Crippen LogP contribution in [0.2, 0.25) is 0 Å². The van der Waals surface area contributed by atoms with E-state index < -0.39 is 0 Å². The lowest BCUT2D eigenvalue weighted by Crippen LogP contribution is -1.81. The number of rotatable bonds is 2. The quantitative estimate of drug-likeness (QED) is 0.471. The highest BCUT2D eigenvalue weighted by Gasteiger charge is 1.96. The average molecular weight is 281 g/mol. The van der Waals surface area contributed by atoms with Gasteiger partial charge in [-0.05, 0) is 29.8 Å². The lowest BCUT2D eigenvalue weighted by molar-refractivity contribution is 1.49. The number of para-hydroxylation sites is 1. The maximum absolute atomic E-state index is 4.56. The fourth-order valence-electron chi connectivity index (χ4n) is 2.04. The number of hydrogen-bond acceptors (Lipinski definition) is 1. The Morgan fingerprint density at radius 2 is 1.27 bits per heavy atom. The van der Waals surface area contributed by atoms with E-state index in [0.29, 0.717) is 0 Å². The highest BCUT2D eigenvalue weighted by Crippen LogP contribution is 2.17. The second-order valence-electron chi connectivity index (χ2n) is 4.80. The Hall–Kier alpha value is -3.11. The largest absolute Gasteiger partial charge is 0.255 e. The molecule has 0 saturated heterocycles. The van der Waals surface area contributed by atoms with Gasteiger partial charge in [-0.1, -0.05) is 72.5 Å². The Morgan fingerprint density at radius 3 is 2.05 bits per heavy atom. The van der Waals surface area contributed by atoms with Gasteiger partial charge in [0.05, 0.1) is 11.3 Å². The van der Waals surface area contributed by atoms with Gasteiger partial charge in [0.1, 0.15) is 0 Å². The molecule has 0 aliphatic carbocycles. The molecule has 0 spiro atoms. The molecule has 1 heteroatoms. The van der Waals surface area contributed by atoms with Gasteiger partial charge in [-0.25, -0.2) is 0 Å². The minimum atomic E-state index is 0.884. The van der Waals surface area contributed by atoms with Gasteiger partial charge in [0.25, 0.3) is 0 Å². The maximum atomic E-state index is 4.56. The molecule has 0 bridgehead atoms. The first-order valence-corrected chi connectivity index (χ1v) is 7.17. The summed E-state index contributed by atoms with van der Waals surface area (Å²) >= 11 is 0. The zero-order valence-corrected chi connectivity index (χ0v) is 12.1. The van der Waals surface area contributed by atoms with Crippen LogP contribution in [0.1, 0.15) is 16.7 Å². The van der Waals surface area contributed by atoms with Crippen molar-refractivity contribution in [3.05, 3.63) is 102 Å². The smallest absolute Gasteiger partial charge is 0.0786 e. The summed E-state index contributed by atoms with van der Waals surface area (Å²) < 4.78 is 0. The molecule has 0 unspecified atom stereocenters. The van der Waals surface area contributed by atoms with Crippen LogP contribution in [0, 0.1) is 11.8 Å². The van der Waals surface area contributed by atoms with Crippen LogP contribution in [-0.2, 0) is 0 Å². The Bertz CT molecular complexity index is 822. The molecule has 0 fully saturated rings. The highest BCUT2D eigenvalue weighted by atomic mass is 14.7. The molecule has 104 valence electrons. The molecule has 0 saturated carbocycles. The molecule has 0 aliphatic heterocycles. The van der Waals surface area contributed by atoms with E-state index in [1.165, 1.54) is 0 Å². The number of aliphatic imine (C=N–C) groups is 1. The summed E-state index contributed by atoms with van der Waals surface area (Å²) in [7, 11) is 0. The van der Waals surface area contributed by atoms with Crippen molar-refractivity contribution in [2.45, 2.75) is 0 Å². The summed E-state index contributed by atoms with van der Waals surface area (Å²) in [5, 5.41) is 0. The van der Waals surface area contributed by atoms with E-state index >= 15 is 0 Å². The van der Waals surface area contributed by atoms with Gasteiger partial charge >= 0.3 is 0 Å². The average Bonchev–Trinajstić information content (AvgIpc) is 2.61. The molecule has 0 aromatic heterocycles. The van der Waals surface area contributed by atoms with E-state index in [4.69, 9.17) is 0 Å². The van der Waals surface area contributed by atoms with E-state index in [9.17, 15) is 0 Å². The Kier molecular flexibility index (Phi) is 4.44. The van der Waals surface area contributed by atoms with Crippen molar-refractivity contribution in [1.29, 1.82) is 0 Å². The van der Waals surface area contributed by atoms with Crippen LogP contribution >= 0.6 is 0 Å². The zero-order chi connectivity index (χ0) is 15.0. The second kappa shape index (κ2) is 7.06. The van der Waals surface area contributed by atoms with Crippen LogP contribution in [0.4, 0.5) is 5.69 Å². The van der Waals surface area contributed by atoms with Crippen LogP contribution in [0.15, 0.2) is 89.9 Å². The fraction of sp³-hybridized carbons (Fsp3) is 0. The molecule has 1 nitrogen and oxygen atoms in total. The standard InChI is InChI=1S/C21H15N/c1-3-9-18(10-4-1)15-16-20-13-7-8-14-21(20)22-17-19-11-5-2-6-12-19/h1-14,17H. The normalized spacial score (nSPS) is 10.2. The fourth-order valence-corrected chi connectivity index (χ4v) is 2.04. The Balaban J connectivity index is 1.88. The van der Waals surface area contributed by atoms with Gasteiger partial charge in [0.2, 0.25) is 0 Å². The first-order valence-electron chi connectivity index (χ1n) is 7.17. The van der Waals surface area contributed by atoms with Crippen molar-refractivity contribution < 1.29 is 0 Å². The molecule has 0 heterocycles. The topological polar surface area (TPSA) is 12.4 Å². The second-order valence-corrected chi connectivity index (χ2v) is 4.80. The first kappa shape index (κ1) is 13.9. The number of nitrogens with zero attached hydrogens (tertiary/aromatic N) is 1. The zero-order valence-electron chi connectivity index (χ0n) is 12.1. The molecule has 3 aromatic rings. The Labute approximate surface area is 131 Å². The summed E-state index contributed by atoms with van der Waals surface area (Å²) in [6.07, 6.45) is 1.86. The summed E-state index contributed by atoms with van der Waals surface area (Å²) in [4.78, 5) is 4.56.